The molecule has 158 valence electrons. The number of carbonyl (C=O) groups is 1. The monoisotopic (exact) mass is 441 g/mol. The van der Waals surface area contributed by atoms with Gasteiger partial charge in [-0.2, -0.15) is 0 Å². The zero-order valence-electron chi connectivity index (χ0n) is 17.2. The maximum atomic E-state index is 11.2. The molecule has 1 aliphatic rings. The Morgan fingerprint density at radius 1 is 1.13 bits per heavy atom. The van der Waals surface area contributed by atoms with Gasteiger partial charge in [0.15, 0.2) is 5.13 Å². The molecular weight excluding hydrogens is 414 g/mol. The Labute approximate surface area is 185 Å². The van der Waals surface area contributed by atoms with E-state index in [1.807, 2.05) is 0 Å². The summed E-state index contributed by atoms with van der Waals surface area (Å²) in [4.78, 5) is 23.1. The summed E-state index contributed by atoms with van der Waals surface area (Å²) in [5.41, 5.74) is 3.32. The number of carboxylic acid groups (broad SMARTS) is 1. The predicted octanol–water partition coefficient (Wildman–Crippen LogP) is 5.52. The molecule has 5 nitrogen and oxygen atoms in total. The van der Waals surface area contributed by atoms with Crippen LogP contribution in [-0.2, 0) is 17.8 Å². The van der Waals surface area contributed by atoms with Crippen LogP contribution < -0.4 is 9.80 Å². The number of aromatic nitrogens is 1. The van der Waals surface area contributed by atoms with E-state index in [0.29, 0.717) is 13.1 Å². The SMILES string of the molecule is CCc1ccc(CN(CCC(=O)O)c2nc(-c3ccc(N4CCCC4)cc3)cs2)s1. The van der Waals surface area contributed by atoms with E-state index in [1.54, 1.807) is 22.7 Å². The molecule has 7 heteroatoms. The number of thiophene rings is 1. The number of aliphatic carboxylic acids is 1. The molecule has 2 aromatic heterocycles. The first kappa shape index (κ1) is 20.9. The van der Waals surface area contributed by atoms with E-state index in [9.17, 15) is 9.90 Å². The van der Waals surface area contributed by atoms with E-state index in [4.69, 9.17) is 4.98 Å². The van der Waals surface area contributed by atoms with Crippen molar-refractivity contribution in [1.29, 1.82) is 0 Å². The summed E-state index contributed by atoms with van der Waals surface area (Å²) in [6.07, 6.45) is 3.67. The average Bonchev–Trinajstić information content (AvgIpc) is 3.53. The van der Waals surface area contributed by atoms with E-state index in [2.05, 4.69) is 58.5 Å². The van der Waals surface area contributed by atoms with Crippen LogP contribution in [0.5, 0.6) is 0 Å². The van der Waals surface area contributed by atoms with Crippen LogP contribution in [0.1, 0.15) is 35.9 Å². The van der Waals surface area contributed by atoms with E-state index < -0.39 is 5.97 Å². The molecule has 0 saturated carbocycles. The summed E-state index contributed by atoms with van der Waals surface area (Å²) in [5.74, 6) is -0.783. The molecule has 0 aliphatic carbocycles. The molecule has 30 heavy (non-hydrogen) atoms. The van der Waals surface area contributed by atoms with Crippen LogP contribution in [-0.4, -0.2) is 35.7 Å². The molecule has 1 aromatic carbocycles. The third-order valence-electron chi connectivity index (χ3n) is 5.40. The molecule has 0 atom stereocenters. The smallest absolute Gasteiger partial charge is 0.305 e. The van der Waals surface area contributed by atoms with Crippen molar-refractivity contribution in [3.63, 3.8) is 0 Å². The molecule has 0 spiro atoms. The van der Waals surface area contributed by atoms with Crippen molar-refractivity contribution in [1.82, 2.24) is 4.98 Å². The Hall–Kier alpha value is -2.38. The van der Waals surface area contributed by atoms with E-state index in [-0.39, 0.29) is 6.42 Å². The van der Waals surface area contributed by atoms with Gasteiger partial charge in [-0.1, -0.05) is 19.1 Å². The van der Waals surface area contributed by atoms with Crippen molar-refractivity contribution in [2.24, 2.45) is 0 Å². The fourth-order valence-corrected chi connectivity index (χ4v) is 5.55. The van der Waals surface area contributed by atoms with Gasteiger partial charge in [-0.05, 0) is 43.5 Å². The van der Waals surface area contributed by atoms with Gasteiger partial charge in [0, 0.05) is 46.0 Å². The number of rotatable bonds is 9. The number of anilines is 2. The summed E-state index contributed by atoms with van der Waals surface area (Å²) in [6, 6.07) is 12.9. The number of thiazole rings is 1. The van der Waals surface area contributed by atoms with Crippen molar-refractivity contribution >= 4 is 39.5 Å². The highest BCUT2D eigenvalue weighted by Gasteiger charge is 2.16. The van der Waals surface area contributed by atoms with Gasteiger partial charge in [0.2, 0.25) is 0 Å². The third-order valence-corrected chi connectivity index (χ3v) is 7.52. The van der Waals surface area contributed by atoms with E-state index in [0.717, 1.165) is 35.9 Å². The van der Waals surface area contributed by atoms with Gasteiger partial charge < -0.3 is 14.9 Å². The van der Waals surface area contributed by atoms with Gasteiger partial charge in [-0.25, -0.2) is 4.98 Å². The van der Waals surface area contributed by atoms with Crippen LogP contribution >= 0.6 is 22.7 Å². The Morgan fingerprint density at radius 3 is 2.53 bits per heavy atom. The molecular formula is C23H27N3O2S2. The average molecular weight is 442 g/mol. The molecule has 1 saturated heterocycles. The van der Waals surface area contributed by atoms with E-state index >= 15 is 0 Å². The van der Waals surface area contributed by atoms with Crippen molar-refractivity contribution in [3.8, 4) is 11.3 Å². The minimum atomic E-state index is -0.783. The van der Waals surface area contributed by atoms with Crippen molar-refractivity contribution in [2.75, 3.05) is 29.4 Å². The molecule has 1 N–H and O–H groups in total. The first-order valence-corrected chi connectivity index (χ1v) is 12.2. The molecule has 0 bridgehead atoms. The highest BCUT2D eigenvalue weighted by atomic mass is 32.1. The lowest BCUT2D eigenvalue weighted by Gasteiger charge is -2.20. The molecule has 1 aliphatic heterocycles. The van der Waals surface area contributed by atoms with Crippen LogP contribution in [0.2, 0.25) is 0 Å². The van der Waals surface area contributed by atoms with Gasteiger partial charge in [-0.15, -0.1) is 22.7 Å². The second kappa shape index (κ2) is 9.62. The highest BCUT2D eigenvalue weighted by Crippen LogP contribution is 2.31. The molecule has 1 fully saturated rings. The number of hydrogen-bond acceptors (Lipinski definition) is 6. The Bertz CT molecular complexity index is 975. The van der Waals surface area contributed by atoms with Crippen molar-refractivity contribution in [2.45, 2.75) is 39.2 Å². The highest BCUT2D eigenvalue weighted by molar-refractivity contribution is 7.14. The second-order valence-corrected chi connectivity index (χ2v) is 9.63. The minimum Gasteiger partial charge on any atom is -0.481 e. The van der Waals surface area contributed by atoms with Crippen LogP contribution in [0.4, 0.5) is 10.8 Å². The molecule has 4 rings (SSSR count). The first-order chi connectivity index (χ1) is 14.6. The number of aryl methyl sites for hydroxylation is 1. The zero-order chi connectivity index (χ0) is 20.9. The van der Waals surface area contributed by atoms with Gasteiger partial charge in [0.05, 0.1) is 18.7 Å². The van der Waals surface area contributed by atoms with Gasteiger partial charge >= 0.3 is 5.97 Å². The maximum absolute atomic E-state index is 11.2. The standard InChI is InChI=1S/C23H27N3O2S2/c1-2-19-9-10-20(30-19)15-26(14-11-22(27)28)23-24-21(16-29-23)17-5-7-18(8-6-17)25-12-3-4-13-25/h5-10,16H,2-4,11-15H2,1H3,(H,27,28). The lowest BCUT2D eigenvalue weighted by Crippen LogP contribution is -2.25. The fraction of sp³-hybridized carbons (Fsp3) is 0.391. The lowest BCUT2D eigenvalue weighted by atomic mass is 10.1. The van der Waals surface area contributed by atoms with Crippen molar-refractivity contribution < 1.29 is 9.90 Å². The molecule has 3 heterocycles. The van der Waals surface area contributed by atoms with Crippen LogP contribution in [0.25, 0.3) is 11.3 Å². The third kappa shape index (κ3) is 5.02. The molecule has 0 radical (unpaired) electrons. The fourth-order valence-electron chi connectivity index (χ4n) is 3.72. The van der Waals surface area contributed by atoms with Crippen molar-refractivity contribution in [3.05, 3.63) is 51.5 Å². The number of benzene rings is 1. The Morgan fingerprint density at radius 2 is 1.87 bits per heavy atom. The van der Waals surface area contributed by atoms with E-state index in [1.165, 1.54) is 28.3 Å². The zero-order valence-corrected chi connectivity index (χ0v) is 18.8. The number of nitrogens with zero attached hydrogens (tertiary/aromatic N) is 3. The summed E-state index contributed by atoms with van der Waals surface area (Å²) in [6.45, 7) is 5.58. The van der Waals surface area contributed by atoms with Gasteiger partial charge in [-0.3, -0.25) is 4.79 Å². The van der Waals surface area contributed by atoms with Gasteiger partial charge in [0.1, 0.15) is 0 Å². The molecule has 3 aromatic rings. The second-order valence-electron chi connectivity index (χ2n) is 7.54. The van der Waals surface area contributed by atoms with Crippen LogP contribution in [0.15, 0.2) is 41.8 Å². The minimum absolute atomic E-state index is 0.103. The summed E-state index contributed by atoms with van der Waals surface area (Å²) >= 11 is 3.37. The van der Waals surface area contributed by atoms with Crippen LogP contribution in [0, 0.1) is 0 Å². The lowest BCUT2D eigenvalue weighted by molar-refractivity contribution is -0.136. The first-order valence-electron chi connectivity index (χ1n) is 10.5. The summed E-state index contributed by atoms with van der Waals surface area (Å²) in [7, 11) is 0. The normalized spacial score (nSPS) is 13.7. The number of carboxylic acids is 1. The number of hydrogen-bond donors (Lipinski definition) is 1. The Kier molecular flexibility index (Phi) is 6.69. The molecule has 0 unspecified atom stereocenters. The maximum Gasteiger partial charge on any atom is 0.305 e. The quantitative estimate of drug-likeness (QED) is 0.474. The largest absolute Gasteiger partial charge is 0.481 e. The topological polar surface area (TPSA) is 56.7 Å². The summed E-state index contributed by atoms with van der Waals surface area (Å²) < 4.78 is 0. The molecule has 0 amide bonds. The Balaban J connectivity index is 1.51. The predicted molar refractivity (Wildman–Crippen MR) is 126 cm³/mol. The summed E-state index contributed by atoms with van der Waals surface area (Å²) in [5, 5.41) is 12.1. The van der Waals surface area contributed by atoms with Crippen LogP contribution in [0.3, 0.4) is 0 Å². The van der Waals surface area contributed by atoms with Gasteiger partial charge in [0.25, 0.3) is 0 Å².